The van der Waals surface area contributed by atoms with Gasteiger partial charge in [-0.3, -0.25) is 0 Å². The van der Waals surface area contributed by atoms with Gasteiger partial charge in [-0.2, -0.15) is 0 Å². The minimum atomic E-state index is -0.364. The second-order valence-corrected chi connectivity index (χ2v) is 4.14. The maximum absolute atomic E-state index is 13.2. The lowest BCUT2D eigenvalue weighted by molar-refractivity contribution is 0.0699. The Labute approximate surface area is 94.8 Å². The molecule has 0 unspecified atom stereocenters. The van der Waals surface area contributed by atoms with Crippen molar-refractivity contribution in [3.05, 3.63) is 24.0 Å². The highest BCUT2D eigenvalue weighted by molar-refractivity contribution is 5.66. The summed E-state index contributed by atoms with van der Waals surface area (Å²) in [5.74, 6) is 0.230. The monoisotopic (exact) mass is 224 g/mol. The van der Waals surface area contributed by atoms with Crippen LogP contribution in [-0.2, 0) is 4.74 Å². The second-order valence-electron chi connectivity index (χ2n) is 4.14. The number of anilines is 2. The van der Waals surface area contributed by atoms with Gasteiger partial charge in [-0.05, 0) is 30.9 Å². The highest BCUT2D eigenvalue weighted by atomic mass is 19.1. The average molecular weight is 224 g/mol. The Balaban J connectivity index is 1.91. The van der Waals surface area contributed by atoms with Crippen LogP contribution in [0.15, 0.2) is 18.2 Å². The second kappa shape index (κ2) is 5.16. The number of nitrogens with one attached hydrogen (secondary N) is 1. The predicted octanol–water partition coefficient (Wildman–Crippen LogP) is 2.25. The molecule has 16 heavy (non-hydrogen) atoms. The van der Waals surface area contributed by atoms with Crippen molar-refractivity contribution >= 4 is 11.4 Å². The van der Waals surface area contributed by atoms with E-state index in [1.165, 1.54) is 6.07 Å². The first kappa shape index (κ1) is 11.2. The van der Waals surface area contributed by atoms with Crippen molar-refractivity contribution in [2.24, 2.45) is 5.92 Å². The van der Waals surface area contributed by atoms with Crippen LogP contribution in [0.25, 0.3) is 0 Å². The van der Waals surface area contributed by atoms with Crippen molar-refractivity contribution < 1.29 is 9.13 Å². The lowest BCUT2D eigenvalue weighted by Crippen LogP contribution is -2.23. The van der Waals surface area contributed by atoms with Crippen molar-refractivity contribution in [1.29, 1.82) is 0 Å². The van der Waals surface area contributed by atoms with Crippen LogP contribution in [0.2, 0.25) is 0 Å². The molecule has 1 heterocycles. The molecule has 1 aliphatic rings. The average Bonchev–Trinajstić information content (AvgIpc) is 2.32. The summed E-state index contributed by atoms with van der Waals surface area (Å²) < 4.78 is 18.4. The SMILES string of the molecule is Nc1c(F)cccc1NCC1CCOCC1. The quantitative estimate of drug-likeness (QED) is 0.774. The van der Waals surface area contributed by atoms with E-state index in [2.05, 4.69) is 5.32 Å². The summed E-state index contributed by atoms with van der Waals surface area (Å²) in [6.07, 6.45) is 2.12. The van der Waals surface area contributed by atoms with Gasteiger partial charge < -0.3 is 15.8 Å². The molecule has 0 saturated carbocycles. The number of nitrogen functional groups attached to an aromatic ring is 1. The van der Waals surface area contributed by atoms with E-state index in [4.69, 9.17) is 10.5 Å². The molecule has 2 rings (SSSR count). The molecule has 1 aliphatic heterocycles. The number of para-hydroxylation sites is 1. The fraction of sp³-hybridized carbons (Fsp3) is 0.500. The number of hydrogen-bond acceptors (Lipinski definition) is 3. The summed E-state index contributed by atoms with van der Waals surface area (Å²) in [6, 6.07) is 4.84. The maximum atomic E-state index is 13.2. The zero-order chi connectivity index (χ0) is 11.4. The number of rotatable bonds is 3. The van der Waals surface area contributed by atoms with E-state index in [9.17, 15) is 4.39 Å². The minimum Gasteiger partial charge on any atom is -0.395 e. The van der Waals surface area contributed by atoms with Gasteiger partial charge in [0.05, 0.1) is 11.4 Å². The maximum Gasteiger partial charge on any atom is 0.148 e. The van der Waals surface area contributed by atoms with E-state index < -0.39 is 0 Å². The van der Waals surface area contributed by atoms with Gasteiger partial charge in [-0.1, -0.05) is 6.07 Å². The molecule has 1 aromatic carbocycles. The fourth-order valence-corrected chi connectivity index (χ4v) is 1.90. The van der Waals surface area contributed by atoms with Crippen LogP contribution >= 0.6 is 0 Å². The topological polar surface area (TPSA) is 47.3 Å². The van der Waals surface area contributed by atoms with Gasteiger partial charge in [0.1, 0.15) is 5.82 Å². The van der Waals surface area contributed by atoms with Crippen molar-refractivity contribution in [2.45, 2.75) is 12.8 Å². The number of ether oxygens (including phenoxy) is 1. The molecule has 88 valence electrons. The van der Waals surface area contributed by atoms with E-state index in [1.807, 2.05) is 0 Å². The molecule has 0 aromatic heterocycles. The van der Waals surface area contributed by atoms with Gasteiger partial charge in [0.25, 0.3) is 0 Å². The van der Waals surface area contributed by atoms with Gasteiger partial charge in [0.2, 0.25) is 0 Å². The molecule has 0 spiro atoms. The number of nitrogens with two attached hydrogens (primary N) is 1. The number of halogens is 1. The lowest BCUT2D eigenvalue weighted by Gasteiger charge is -2.23. The number of benzene rings is 1. The van der Waals surface area contributed by atoms with Crippen molar-refractivity contribution in [2.75, 3.05) is 30.8 Å². The molecule has 0 bridgehead atoms. The Bertz CT molecular complexity index is 351. The first-order valence-electron chi connectivity index (χ1n) is 5.63. The standard InChI is InChI=1S/C12H17FN2O/c13-10-2-1-3-11(12(10)14)15-8-9-4-6-16-7-5-9/h1-3,9,15H,4-8,14H2. The molecule has 3 nitrogen and oxygen atoms in total. The third-order valence-electron chi connectivity index (χ3n) is 2.97. The Morgan fingerprint density at radius 1 is 1.38 bits per heavy atom. The van der Waals surface area contributed by atoms with Crippen LogP contribution in [0.1, 0.15) is 12.8 Å². The zero-order valence-electron chi connectivity index (χ0n) is 9.21. The fourth-order valence-electron chi connectivity index (χ4n) is 1.90. The molecule has 0 atom stereocenters. The Hall–Kier alpha value is -1.29. The van der Waals surface area contributed by atoms with Crippen LogP contribution < -0.4 is 11.1 Å². The van der Waals surface area contributed by atoms with E-state index >= 15 is 0 Å². The first-order chi connectivity index (χ1) is 7.77. The molecule has 4 heteroatoms. The Morgan fingerprint density at radius 2 is 2.12 bits per heavy atom. The summed E-state index contributed by atoms with van der Waals surface area (Å²) in [7, 11) is 0. The van der Waals surface area contributed by atoms with Crippen LogP contribution in [0, 0.1) is 11.7 Å². The molecule has 3 N–H and O–H groups in total. The van der Waals surface area contributed by atoms with Crippen LogP contribution in [0.4, 0.5) is 15.8 Å². The van der Waals surface area contributed by atoms with E-state index in [0.29, 0.717) is 11.6 Å². The zero-order valence-corrected chi connectivity index (χ0v) is 9.21. The van der Waals surface area contributed by atoms with Crippen molar-refractivity contribution in [3.8, 4) is 0 Å². The van der Waals surface area contributed by atoms with E-state index in [0.717, 1.165) is 32.6 Å². The lowest BCUT2D eigenvalue weighted by atomic mass is 10.0. The van der Waals surface area contributed by atoms with Gasteiger partial charge in [0, 0.05) is 19.8 Å². The van der Waals surface area contributed by atoms with Gasteiger partial charge in [-0.25, -0.2) is 4.39 Å². The Morgan fingerprint density at radius 3 is 2.88 bits per heavy atom. The smallest absolute Gasteiger partial charge is 0.148 e. The molecule has 1 aromatic rings. The highest BCUT2D eigenvalue weighted by Crippen LogP contribution is 2.22. The van der Waals surface area contributed by atoms with E-state index in [1.54, 1.807) is 12.1 Å². The Kier molecular flexibility index (Phi) is 3.62. The summed E-state index contributed by atoms with van der Waals surface area (Å²) in [4.78, 5) is 0. The number of hydrogen-bond donors (Lipinski definition) is 2. The first-order valence-corrected chi connectivity index (χ1v) is 5.63. The predicted molar refractivity (Wildman–Crippen MR) is 62.8 cm³/mol. The molecule has 1 saturated heterocycles. The molecular weight excluding hydrogens is 207 g/mol. The molecule has 0 radical (unpaired) electrons. The van der Waals surface area contributed by atoms with Gasteiger partial charge in [-0.15, -0.1) is 0 Å². The van der Waals surface area contributed by atoms with Crippen LogP contribution in [0.3, 0.4) is 0 Å². The third-order valence-corrected chi connectivity index (χ3v) is 2.97. The minimum absolute atomic E-state index is 0.203. The normalized spacial score (nSPS) is 17.3. The largest absolute Gasteiger partial charge is 0.395 e. The van der Waals surface area contributed by atoms with Gasteiger partial charge >= 0.3 is 0 Å². The van der Waals surface area contributed by atoms with Crippen molar-refractivity contribution in [3.63, 3.8) is 0 Å². The third kappa shape index (κ3) is 2.64. The van der Waals surface area contributed by atoms with Gasteiger partial charge in [0.15, 0.2) is 0 Å². The van der Waals surface area contributed by atoms with Crippen LogP contribution in [-0.4, -0.2) is 19.8 Å². The summed E-state index contributed by atoms with van der Waals surface area (Å²) >= 11 is 0. The molecule has 0 aliphatic carbocycles. The van der Waals surface area contributed by atoms with E-state index in [-0.39, 0.29) is 11.5 Å². The van der Waals surface area contributed by atoms with Crippen molar-refractivity contribution in [1.82, 2.24) is 0 Å². The highest BCUT2D eigenvalue weighted by Gasteiger charge is 2.14. The molecular formula is C12H17FN2O. The summed E-state index contributed by atoms with van der Waals surface area (Å²) in [6.45, 7) is 2.48. The molecule has 1 fully saturated rings. The summed E-state index contributed by atoms with van der Waals surface area (Å²) in [5, 5.41) is 3.20. The van der Waals surface area contributed by atoms with Crippen LogP contribution in [0.5, 0.6) is 0 Å². The summed E-state index contributed by atoms with van der Waals surface area (Å²) in [5.41, 5.74) is 6.53. The molecule has 0 amide bonds.